The molecule has 20 heavy (non-hydrogen) atoms. The van der Waals surface area contributed by atoms with Gasteiger partial charge in [0.25, 0.3) is 0 Å². The first kappa shape index (κ1) is 17.7. The van der Waals surface area contributed by atoms with Crippen LogP contribution in [0.2, 0.25) is 0 Å². The molecule has 0 aliphatic carbocycles. The van der Waals surface area contributed by atoms with Crippen molar-refractivity contribution in [3.8, 4) is 0 Å². The van der Waals surface area contributed by atoms with E-state index in [1.54, 1.807) is 0 Å². The molecule has 0 radical (unpaired) electrons. The highest BCUT2D eigenvalue weighted by Crippen LogP contribution is 2.28. The first-order chi connectivity index (χ1) is 9.11. The Balaban J connectivity index is 3.21. The van der Waals surface area contributed by atoms with Crippen molar-refractivity contribution in [1.29, 1.82) is 0 Å². The largest absolute Gasteiger partial charge is 0.402 e. The van der Waals surface area contributed by atoms with Crippen molar-refractivity contribution in [1.82, 2.24) is 4.31 Å². The molecule has 1 rings (SSSR count). The van der Waals surface area contributed by atoms with Gasteiger partial charge in [0.1, 0.15) is 6.54 Å². The quantitative estimate of drug-likeness (QED) is 0.713. The average molecular weight is 395 g/mol. The summed E-state index contributed by atoms with van der Waals surface area (Å²) in [4.78, 5) is -0.211. The number of alkyl halides is 4. The van der Waals surface area contributed by atoms with E-state index in [0.29, 0.717) is 9.87 Å². The lowest BCUT2D eigenvalue weighted by Crippen LogP contribution is -2.38. The Labute approximate surface area is 128 Å². The van der Waals surface area contributed by atoms with E-state index in [9.17, 15) is 21.6 Å². The maximum atomic E-state index is 12.4. The highest BCUT2D eigenvalue weighted by molar-refractivity contribution is 9.10. The Morgan fingerprint density at radius 2 is 1.95 bits per heavy atom. The molecule has 0 amide bonds. The van der Waals surface area contributed by atoms with E-state index in [1.165, 1.54) is 25.1 Å². The fourth-order valence-corrected chi connectivity index (χ4v) is 4.23. The highest BCUT2D eigenvalue weighted by atomic mass is 79.9. The molecule has 0 fully saturated rings. The van der Waals surface area contributed by atoms with Crippen LogP contribution in [-0.4, -0.2) is 32.0 Å². The number of halogens is 5. The summed E-state index contributed by atoms with van der Waals surface area (Å²) in [6.07, 6.45) is -4.59. The summed E-state index contributed by atoms with van der Waals surface area (Å²) in [6.45, 7) is -0.439. The number of sulfonamides is 1. The Bertz CT molecular complexity index is 578. The van der Waals surface area contributed by atoms with E-state index in [4.69, 9.17) is 11.6 Å². The van der Waals surface area contributed by atoms with Crippen LogP contribution in [0.5, 0.6) is 0 Å². The second-order valence-corrected chi connectivity index (χ2v) is 6.97. The van der Waals surface area contributed by atoms with E-state index in [2.05, 4.69) is 15.9 Å². The normalized spacial score (nSPS) is 12.9. The summed E-state index contributed by atoms with van der Waals surface area (Å²) in [5.41, 5.74) is 0.663. The second kappa shape index (κ2) is 6.64. The Kier molecular flexibility index (Phi) is 5.89. The maximum absolute atomic E-state index is 12.4. The summed E-state index contributed by atoms with van der Waals surface area (Å²) in [5.74, 6) is 0.180. The molecule has 0 bridgehead atoms. The van der Waals surface area contributed by atoms with E-state index >= 15 is 0 Å². The molecule has 0 saturated carbocycles. The molecule has 0 saturated heterocycles. The van der Waals surface area contributed by atoms with Gasteiger partial charge in [0.15, 0.2) is 0 Å². The van der Waals surface area contributed by atoms with Crippen molar-refractivity contribution < 1.29 is 21.6 Å². The molecule has 0 aromatic heterocycles. The first-order valence-corrected chi connectivity index (χ1v) is 8.30. The molecule has 0 atom stereocenters. The zero-order valence-electron chi connectivity index (χ0n) is 10.4. The fraction of sp³-hybridized carbons (Fsp3) is 0.455. The van der Waals surface area contributed by atoms with Crippen LogP contribution in [0.1, 0.15) is 12.5 Å². The third-order valence-electron chi connectivity index (χ3n) is 2.48. The minimum atomic E-state index is -4.59. The van der Waals surface area contributed by atoms with E-state index in [0.717, 1.165) is 0 Å². The van der Waals surface area contributed by atoms with Crippen LogP contribution in [0, 0.1) is 0 Å². The van der Waals surface area contributed by atoms with Crippen LogP contribution in [-0.2, 0) is 15.9 Å². The molecule has 114 valence electrons. The first-order valence-electron chi connectivity index (χ1n) is 5.53. The molecule has 0 heterocycles. The third kappa shape index (κ3) is 4.34. The molecule has 0 aliphatic rings. The lowest BCUT2D eigenvalue weighted by Gasteiger charge is -2.22. The molecule has 3 nitrogen and oxygen atoms in total. The lowest BCUT2D eigenvalue weighted by atomic mass is 10.2. The number of hydrogen-bond acceptors (Lipinski definition) is 2. The van der Waals surface area contributed by atoms with E-state index < -0.39 is 22.7 Å². The van der Waals surface area contributed by atoms with Crippen LogP contribution in [0.25, 0.3) is 0 Å². The maximum Gasteiger partial charge on any atom is 0.402 e. The van der Waals surface area contributed by atoms with Crippen LogP contribution in [0.15, 0.2) is 27.6 Å². The number of nitrogens with zero attached hydrogens (tertiary/aromatic N) is 1. The van der Waals surface area contributed by atoms with E-state index in [-0.39, 0.29) is 21.8 Å². The second-order valence-electron chi connectivity index (χ2n) is 3.94. The Hall–Kier alpha value is -0.310. The predicted octanol–water partition coefficient (Wildman–Crippen LogP) is 3.76. The number of benzene rings is 1. The van der Waals surface area contributed by atoms with Crippen LogP contribution >= 0.6 is 27.5 Å². The van der Waals surface area contributed by atoms with Crippen LogP contribution in [0.3, 0.4) is 0 Å². The van der Waals surface area contributed by atoms with Gasteiger partial charge in [-0.1, -0.05) is 13.0 Å². The van der Waals surface area contributed by atoms with Crippen LogP contribution in [0.4, 0.5) is 13.2 Å². The standard InChI is InChI=1S/C11H12BrClF3NO2S/c1-2-17(7-11(14,15)16)20(18,19)10-4-3-8(6-13)5-9(10)12/h3-5H,2,6-7H2,1H3. The van der Waals surface area contributed by atoms with Crippen molar-refractivity contribution in [2.45, 2.75) is 23.9 Å². The van der Waals surface area contributed by atoms with Crippen molar-refractivity contribution in [3.63, 3.8) is 0 Å². The van der Waals surface area contributed by atoms with Crippen molar-refractivity contribution >= 4 is 37.6 Å². The molecule has 0 spiro atoms. The summed E-state index contributed by atoms with van der Waals surface area (Å²) < 4.78 is 62.3. The van der Waals surface area contributed by atoms with Gasteiger partial charge in [0.2, 0.25) is 10.0 Å². The van der Waals surface area contributed by atoms with Gasteiger partial charge in [-0.3, -0.25) is 0 Å². The minimum Gasteiger partial charge on any atom is -0.207 e. The van der Waals surface area contributed by atoms with Gasteiger partial charge in [-0.15, -0.1) is 11.6 Å². The topological polar surface area (TPSA) is 37.4 Å². The van der Waals surface area contributed by atoms with Gasteiger partial charge in [0, 0.05) is 16.9 Å². The smallest absolute Gasteiger partial charge is 0.207 e. The van der Waals surface area contributed by atoms with Crippen molar-refractivity contribution in [3.05, 3.63) is 28.2 Å². The summed E-state index contributed by atoms with van der Waals surface area (Å²) in [6, 6.07) is 4.18. The fourth-order valence-electron chi connectivity index (χ4n) is 1.54. The highest BCUT2D eigenvalue weighted by Gasteiger charge is 2.36. The molecular formula is C11H12BrClF3NO2S. The Morgan fingerprint density at radius 1 is 1.35 bits per heavy atom. The summed E-state index contributed by atoms with van der Waals surface area (Å²) in [7, 11) is -4.22. The van der Waals surface area contributed by atoms with Gasteiger partial charge in [-0.2, -0.15) is 17.5 Å². The molecule has 0 N–H and O–H groups in total. The minimum absolute atomic E-state index is 0.180. The lowest BCUT2D eigenvalue weighted by molar-refractivity contribution is -0.135. The molecule has 0 aliphatic heterocycles. The molecular weight excluding hydrogens is 383 g/mol. The van der Waals surface area contributed by atoms with Gasteiger partial charge < -0.3 is 0 Å². The van der Waals surface area contributed by atoms with Crippen LogP contribution < -0.4 is 0 Å². The summed E-state index contributed by atoms with van der Waals surface area (Å²) in [5, 5.41) is 0. The molecule has 1 aromatic rings. The summed E-state index contributed by atoms with van der Waals surface area (Å²) >= 11 is 8.67. The number of hydrogen-bond donors (Lipinski definition) is 0. The van der Waals surface area contributed by atoms with Gasteiger partial charge in [0.05, 0.1) is 4.90 Å². The SMILES string of the molecule is CCN(CC(F)(F)F)S(=O)(=O)c1ccc(CCl)cc1Br. The zero-order valence-corrected chi connectivity index (χ0v) is 13.6. The zero-order chi connectivity index (χ0) is 15.6. The average Bonchev–Trinajstić information content (AvgIpc) is 2.34. The van der Waals surface area contributed by atoms with Gasteiger partial charge >= 0.3 is 6.18 Å². The molecule has 0 unspecified atom stereocenters. The van der Waals surface area contributed by atoms with Crippen molar-refractivity contribution in [2.24, 2.45) is 0 Å². The molecule has 9 heteroatoms. The van der Waals surface area contributed by atoms with E-state index in [1.807, 2.05) is 0 Å². The predicted molar refractivity (Wildman–Crippen MR) is 74.2 cm³/mol. The monoisotopic (exact) mass is 393 g/mol. The van der Waals surface area contributed by atoms with Gasteiger partial charge in [-0.25, -0.2) is 8.42 Å². The Morgan fingerprint density at radius 3 is 2.35 bits per heavy atom. The van der Waals surface area contributed by atoms with Crippen molar-refractivity contribution in [2.75, 3.05) is 13.1 Å². The third-order valence-corrected chi connectivity index (χ3v) is 5.68. The molecule has 1 aromatic carbocycles. The van der Waals surface area contributed by atoms with Gasteiger partial charge in [-0.05, 0) is 33.6 Å². The number of rotatable bonds is 5.